The maximum absolute atomic E-state index is 3.68. The highest BCUT2D eigenvalue weighted by molar-refractivity contribution is 7.99. The van der Waals surface area contributed by atoms with E-state index in [1.165, 1.54) is 45.1 Å². The number of hydrogen-bond donors (Lipinski definition) is 1. The lowest BCUT2D eigenvalue weighted by atomic mass is 9.81. The van der Waals surface area contributed by atoms with Crippen LogP contribution in [0.4, 0.5) is 0 Å². The second-order valence-corrected chi connectivity index (χ2v) is 7.31. The minimum atomic E-state index is 0.791. The molecule has 0 aliphatic carbocycles. The SMILES string of the molecule is CCNC1CC2CCCC(C1)N2CCC(C)SC. The van der Waals surface area contributed by atoms with E-state index < -0.39 is 0 Å². The molecule has 0 spiro atoms. The Morgan fingerprint density at radius 1 is 1.28 bits per heavy atom. The summed E-state index contributed by atoms with van der Waals surface area (Å²) >= 11 is 2.01. The Hall–Kier alpha value is 0.270. The number of fused-ring (bicyclic) bond motifs is 2. The number of thioether (sulfide) groups is 1. The summed E-state index contributed by atoms with van der Waals surface area (Å²) in [6, 6.07) is 2.53. The second-order valence-electron chi connectivity index (χ2n) is 6.04. The molecule has 0 saturated carbocycles. The van der Waals surface area contributed by atoms with Gasteiger partial charge in [-0.1, -0.05) is 20.3 Å². The van der Waals surface area contributed by atoms with E-state index in [0.717, 1.165) is 29.9 Å². The summed E-state index contributed by atoms with van der Waals surface area (Å²) in [5.74, 6) is 0. The van der Waals surface area contributed by atoms with E-state index in [2.05, 4.69) is 30.3 Å². The van der Waals surface area contributed by atoms with Crippen LogP contribution in [-0.2, 0) is 0 Å². The summed E-state index contributed by atoms with van der Waals surface area (Å²) in [7, 11) is 0. The predicted molar refractivity (Wildman–Crippen MR) is 82.4 cm³/mol. The monoisotopic (exact) mass is 270 g/mol. The molecule has 18 heavy (non-hydrogen) atoms. The first-order valence-corrected chi connectivity index (χ1v) is 9.05. The largest absolute Gasteiger partial charge is 0.314 e. The number of hydrogen-bond acceptors (Lipinski definition) is 3. The van der Waals surface area contributed by atoms with Crippen LogP contribution in [0.1, 0.15) is 52.4 Å². The van der Waals surface area contributed by atoms with E-state index in [0.29, 0.717) is 0 Å². The van der Waals surface area contributed by atoms with Crippen molar-refractivity contribution in [3.63, 3.8) is 0 Å². The quantitative estimate of drug-likeness (QED) is 0.798. The Morgan fingerprint density at radius 2 is 1.94 bits per heavy atom. The minimum Gasteiger partial charge on any atom is -0.314 e. The summed E-state index contributed by atoms with van der Waals surface area (Å²) in [6.45, 7) is 7.07. The van der Waals surface area contributed by atoms with Crippen LogP contribution in [-0.4, -0.2) is 47.6 Å². The van der Waals surface area contributed by atoms with Gasteiger partial charge in [0, 0.05) is 23.4 Å². The van der Waals surface area contributed by atoms with Crippen LogP contribution in [0.2, 0.25) is 0 Å². The van der Waals surface area contributed by atoms with Crippen LogP contribution in [0.3, 0.4) is 0 Å². The van der Waals surface area contributed by atoms with Gasteiger partial charge in [-0.3, -0.25) is 4.90 Å². The fourth-order valence-corrected chi connectivity index (χ4v) is 4.09. The molecule has 3 atom stereocenters. The average Bonchev–Trinajstić information content (AvgIpc) is 2.36. The number of nitrogens with zero attached hydrogens (tertiary/aromatic N) is 1. The topological polar surface area (TPSA) is 15.3 Å². The van der Waals surface area contributed by atoms with Gasteiger partial charge >= 0.3 is 0 Å². The molecule has 3 heteroatoms. The molecule has 0 amide bonds. The number of rotatable bonds is 6. The van der Waals surface area contributed by atoms with Gasteiger partial charge in [0.05, 0.1) is 0 Å². The van der Waals surface area contributed by atoms with Crippen LogP contribution < -0.4 is 5.32 Å². The van der Waals surface area contributed by atoms with E-state index in [1.54, 1.807) is 0 Å². The maximum Gasteiger partial charge on any atom is 0.0113 e. The van der Waals surface area contributed by atoms with Gasteiger partial charge in [0.25, 0.3) is 0 Å². The summed E-state index contributed by atoms with van der Waals surface area (Å²) < 4.78 is 0. The van der Waals surface area contributed by atoms with Crippen molar-refractivity contribution < 1.29 is 0 Å². The zero-order valence-electron chi connectivity index (χ0n) is 12.3. The third-order valence-corrected chi connectivity index (χ3v) is 5.86. The molecule has 0 aromatic carbocycles. The van der Waals surface area contributed by atoms with Crippen molar-refractivity contribution in [2.45, 2.75) is 75.7 Å². The van der Waals surface area contributed by atoms with E-state index in [4.69, 9.17) is 0 Å². The minimum absolute atomic E-state index is 0.791. The summed E-state index contributed by atoms with van der Waals surface area (Å²) in [4.78, 5) is 2.85. The summed E-state index contributed by atoms with van der Waals surface area (Å²) in [6.07, 6.45) is 10.7. The van der Waals surface area contributed by atoms with Crippen LogP contribution in [0, 0.1) is 0 Å². The molecule has 2 fully saturated rings. The highest BCUT2D eigenvalue weighted by Crippen LogP contribution is 2.34. The zero-order valence-corrected chi connectivity index (χ0v) is 13.1. The highest BCUT2D eigenvalue weighted by atomic mass is 32.2. The molecule has 0 aromatic heterocycles. The molecule has 2 aliphatic heterocycles. The second kappa shape index (κ2) is 7.16. The molecule has 2 rings (SSSR count). The molecule has 2 heterocycles. The molecule has 2 aliphatic rings. The molecule has 2 bridgehead atoms. The summed E-state index contributed by atoms with van der Waals surface area (Å²) in [5.41, 5.74) is 0. The summed E-state index contributed by atoms with van der Waals surface area (Å²) in [5, 5.41) is 4.50. The van der Waals surface area contributed by atoms with Gasteiger partial charge in [0.2, 0.25) is 0 Å². The molecule has 106 valence electrons. The smallest absolute Gasteiger partial charge is 0.0113 e. The van der Waals surface area contributed by atoms with Crippen molar-refractivity contribution in [2.24, 2.45) is 0 Å². The lowest BCUT2D eigenvalue weighted by Crippen LogP contribution is -2.56. The first-order chi connectivity index (χ1) is 8.74. The molecular formula is C15H30N2S. The van der Waals surface area contributed by atoms with Crippen molar-refractivity contribution in [3.05, 3.63) is 0 Å². The van der Waals surface area contributed by atoms with Gasteiger partial charge in [-0.25, -0.2) is 0 Å². The van der Waals surface area contributed by atoms with Gasteiger partial charge in [-0.2, -0.15) is 11.8 Å². The van der Waals surface area contributed by atoms with Crippen molar-refractivity contribution in [2.75, 3.05) is 19.3 Å². The Morgan fingerprint density at radius 3 is 2.50 bits per heavy atom. The molecule has 2 nitrogen and oxygen atoms in total. The molecule has 1 N–H and O–H groups in total. The van der Waals surface area contributed by atoms with Crippen molar-refractivity contribution >= 4 is 11.8 Å². The third kappa shape index (κ3) is 3.64. The van der Waals surface area contributed by atoms with Crippen molar-refractivity contribution in [1.29, 1.82) is 0 Å². The lowest BCUT2D eigenvalue weighted by Gasteiger charge is -2.49. The zero-order chi connectivity index (χ0) is 13.0. The Balaban J connectivity index is 1.87. The van der Waals surface area contributed by atoms with Gasteiger partial charge in [-0.05, 0) is 51.4 Å². The highest BCUT2D eigenvalue weighted by Gasteiger charge is 2.37. The van der Waals surface area contributed by atoms with Gasteiger partial charge < -0.3 is 5.32 Å². The van der Waals surface area contributed by atoms with E-state index in [9.17, 15) is 0 Å². The Bertz CT molecular complexity index is 233. The normalized spacial score (nSPS) is 34.5. The van der Waals surface area contributed by atoms with Crippen LogP contribution in [0.25, 0.3) is 0 Å². The van der Waals surface area contributed by atoms with Crippen LogP contribution in [0.5, 0.6) is 0 Å². The van der Waals surface area contributed by atoms with Gasteiger partial charge in [0.1, 0.15) is 0 Å². The van der Waals surface area contributed by atoms with Crippen LogP contribution in [0.15, 0.2) is 0 Å². The van der Waals surface area contributed by atoms with Gasteiger partial charge in [-0.15, -0.1) is 0 Å². The third-order valence-electron chi connectivity index (χ3n) is 4.81. The Labute approximate surface area is 117 Å². The fraction of sp³-hybridized carbons (Fsp3) is 1.00. The van der Waals surface area contributed by atoms with Crippen molar-refractivity contribution in [3.8, 4) is 0 Å². The molecule has 3 unspecified atom stereocenters. The first-order valence-electron chi connectivity index (χ1n) is 7.76. The Kier molecular flexibility index (Phi) is 5.84. The first kappa shape index (κ1) is 14.7. The standard InChI is InChI=1S/C15H30N2S/c1-4-16-13-10-14-6-5-7-15(11-13)17(14)9-8-12(2)18-3/h12-16H,4-11H2,1-3H3. The van der Waals surface area contributed by atoms with E-state index in [1.807, 2.05) is 11.8 Å². The lowest BCUT2D eigenvalue weighted by molar-refractivity contribution is 0.0243. The number of piperidine rings is 2. The van der Waals surface area contributed by atoms with E-state index in [-0.39, 0.29) is 0 Å². The van der Waals surface area contributed by atoms with Gasteiger partial charge in [0.15, 0.2) is 0 Å². The molecule has 0 radical (unpaired) electrons. The molecule has 0 aromatic rings. The van der Waals surface area contributed by atoms with E-state index >= 15 is 0 Å². The predicted octanol–water partition coefficient (Wildman–Crippen LogP) is 3.12. The van der Waals surface area contributed by atoms with Crippen molar-refractivity contribution in [1.82, 2.24) is 10.2 Å². The number of nitrogens with one attached hydrogen (secondary N) is 1. The van der Waals surface area contributed by atoms with Crippen LogP contribution >= 0.6 is 11.8 Å². The molecular weight excluding hydrogens is 240 g/mol. The average molecular weight is 270 g/mol. The molecule has 2 saturated heterocycles. The maximum atomic E-state index is 3.68. The fourth-order valence-electron chi connectivity index (χ4n) is 3.75.